The molecule has 46 heavy (non-hydrogen) atoms. The van der Waals surface area contributed by atoms with Crippen LogP contribution in [0.15, 0.2) is 67.0 Å². The average molecular weight is 652 g/mol. The molecule has 1 atom stereocenters. The molecule has 0 radical (unpaired) electrons. The molecule has 1 aliphatic heterocycles. The lowest BCUT2D eigenvalue weighted by Crippen LogP contribution is -2.49. The van der Waals surface area contributed by atoms with Crippen LogP contribution in [0.5, 0.6) is 5.75 Å². The first-order valence-electron chi connectivity index (χ1n) is 15.4. The van der Waals surface area contributed by atoms with E-state index in [2.05, 4.69) is 71.8 Å². The third kappa shape index (κ3) is 8.63. The van der Waals surface area contributed by atoms with Gasteiger partial charge in [0.2, 0.25) is 5.91 Å². The van der Waals surface area contributed by atoms with Crippen molar-refractivity contribution in [1.29, 1.82) is 0 Å². The van der Waals surface area contributed by atoms with Gasteiger partial charge in [0, 0.05) is 24.2 Å². The second-order valence-corrected chi connectivity index (χ2v) is 13.9. The molecule has 7 nitrogen and oxygen atoms in total. The summed E-state index contributed by atoms with van der Waals surface area (Å²) >= 11 is 1.79. The van der Waals surface area contributed by atoms with Crippen molar-refractivity contribution in [2.75, 3.05) is 17.2 Å². The van der Waals surface area contributed by atoms with E-state index in [9.17, 15) is 18.0 Å². The van der Waals surface area contributed by atoms with Gasteiger partial charge in [0.05, 0.1) is 5.69 Å². The van der Waals surface area contributed by atoms with Crippen LogP contribution in [-0.2, 0) is 11.2 Å². The largest absolute Gasteiger partial charge is 0.573 e. The summed E-state index contributed by atoms with van der Waals surface area (Å²) in [4.78, 5) is 19.9. The molecule has 1 aromatic heterocycles. The Hall–Kier alpha value is -3.99. The molecule has 1 N–H and O–H groups in total. The van der Waals surface area contributed by atoms with Crippen LogP contribution < -0.4 is 15.0 Å². The fraction of sp³-hybridized carbons (Fsp3) is 0.400. The Morgan fingerprint density at radius 2 is 1.70 bits per heavy atom. The van der Waals surface area contributed by atoms with Crippen molar-refractivity contribution in [3.63, 3.8) is 0 Å². The van der Waals surface area contributed by atoms with Crippen LogP contribution in [0.2, 0.25) is 0 Å². The minimum absolute atomic E-state index is 0.0689. The summed E-state index contributed by atoms with van der Waals surface area (Å²) in [6, 6.07) is 17.9. The second-order valence-electron chi connectivity index (χ2n) is 12.7. The molecule has 1 fully saturated rings. The highest BCUT2D eigenvalue weighted by atomic mass is 32.2. The van der Waals surface area contributed by atoms with Crippen molar-refractivity contribution in [1.82, 2.24) is 20.1 Å². The first-order valence-corrected chi connectivity index (χ1v) is 16.4. The molecule has 3 aromatic carbocycles. The number of aromatic nitrogens is 3. The molecule has 0 bridgehead atoms. The average Bonchev–Trinajstić information content (AvgIpc) is 3.47. The molecule has 0 saturated carbocycles. The van der Waals surface area contributed by atoms with E-state index in [1.165, 1.54) is 57.7 Å². The Kier molecular flexibility index (Phi) is 10.0. The van der Waals surface area contributed by atoms with Crippen molar-refractivity contribution in [3.05, 3.63) is 89.2 Å². The summed E-state index contributed by atoms with van der Waals surface area (Å²) in [5.74, 6) is 1.30. The third-order valence-electron chi connectivity index (χ3n) is 8.06. The standard InChI is InChI=1S/C35H40F3N5O2S/c1-23-19-24(2)31(25(3)20-23)42-17-6-18-46-33(42)40-30(44)15-16-34(4,5)21-26-7-9-27(10-8-26)32-39-22-43(41-32)28-11-13-29(14-12-28)45-35(36,37)38/h7-14,19-20,22,33H,6,15-18,21H2,1-5H3,(H,40,44). The Morgan fingerprint density at radius 3 is 2.35 bits per heavy atom. The Morgan fingerprint density at radius 1 is 1.02 bits per heavy atom. The number of anilines is 1. The molecule has 1 unspecified atom stereocenters. The van der Waals surface area contributed by atoms with Gasteiger partial charge in [0.1, 0.15) is 17.6 Å². The lowest BCUT2D eigenvalue weighted by molar-refractivity contribution is -0.274. The van der Waals surface area contributed by atoms with E-state index < -0.39 is 6.36 Å². The van der Waals surface area contributed by atoms with E-state index >= 15 is 0 Å². The zero-order valence-corrected chi connectivity index (χ0v) is 27.6. The number of nitrogens with zero attached hydrogens (tertiary/aromatic N) is 4. The summed E-state index contributed by atoms with van der Waals surface area (Å²) in [5, 5.41) is 7.79. The number of amides is 1. The summed E-state index contributed by atoms with van der Waals surface area (Å²) in [5.41, 5.74) is 7.32. The van der Waals surface area contributed by atoms with Crippen molar-refractivity contribution in [2.45, 2.75) is 72.2 Å². The minimum atomic E-state index is -4.74. The van der Waals surface area contributed by atoms with Crippen molar-refractivity contribution in [3.8, 4) is 22.8 Å². The zero-order valence-electron chi connectivity index (χ0n) is 26.8. The molecule has 2 heterocycles. The van der Waals surface area contributed by atoms with Crippen molar-refractivity contribution < 1.29 is 22.7 Å². The number of aryl methyl sites for hydroxylation is 3. The van der Waals surface area contributed by atoms with Gasteiger partial charge in [0.25, 0.3) is 0 Å². The Balaban J connectivity index is 1.15. The molecule has 4 aromatic rings. The predicted octanol–water partition coefficient (Wildman–Crippen LogP) is 8.15. The van der Waals surface area contributed by atoms with Crippen LogP contribution in [0, 0.1) is 26.2 Å². The normalized spacial score (nSPS) is 15.6. The van der Waals surface area contributed by atoms with Crippen LogP contribution in [0.1, 0.15) is 55.4 Å². The van der Waals surface area contributed by atoms with Gasteiger partial charge in [-0.05, 0) is 92.2 Å². The van der Waals surface area contributed by atoms with E-state index in [4.69, 9.17) is 0 Å². The number of alkyl halides is 3. The predicted molar refractivity (Wildman–Crippen MR) is 177 cm³/mol. The van der Waals surface area contributed by atoms with Crippen LogP contribution in [0.4, 0.5) is 18.9 Å². The molecular formula is C35H40F3N5O2S. The molecule has 5 rings (SSSR count). The van der Waals surface area contributed by atoms with E-state index in [1.807, 2.05) is 24.3 Å². The number of nitrogens with one attached hydrogen (secondary N) is 1. The van der Waals surface area contributed by atoms with Crippen molar-refractivity contribution in [2.24, 2.45) is 5.41 Å². The molecule has 1 aliphatic rings. The number of hydrogen-bond donors (Lipinski definition) is 1. The monoisotopic (exact) mass is 651 g/mol. The maximum Gasteiger partial charge on any atom is 0.573 e. The number of rotatable bonds is 10. The molecule has 1 amide bonds. The van der Waals surface area contributed by atoms with Gasteiger partial charge in [-0.25, -0.2) is 9.67 Å². The highest BCUT2D eigenvalue weighted by Crippen LogP contribution is 2.34. The number of ether oxygens (including phenoxy) is 1. The first-order chi connectivity index (χ1) is 21.8. The molecule has 244 valence electrons. The second kappa shape index (κ2) is 13.8. The topological polar surface area (TPSA) is 72.3 Å². The van der Waals surface area contributed by atoms with Gasteiger partial charge in [-0.3, -0.25) is 4.79 Å². The fourth-order valence-electron chi connectivity index (χ4n) is 6.01. The van der Waals surface area contributed by atoms with E-state index in [-0.39, 0.29) is 22.6 Å². The highest BCUT2D eigenvalue weighted by molar-refractivity contribution is 8.00. The maximum absolute atomic E-state index is 13.2. The van der Waals surface area contributed by atoms with E-state index in [0.29, 0.717) is 17.9 Å². The lowest BCUT2D eigenvalue weighted by Gasteiger charge is -2.39. The van der Waals surface area contributed by atoms with Crippen molar-refractivity contribution >= 4 is 23.4 Å². The van der Waals surface area contributed by atoms with Crippen LogP contribution in [0.25, 0.3) is 17.1 Å². The van der Waals surface area contributed by atoms with Gasteiger partial charge in [0.15, 0.2) is 5.82 Å². The van der Waals surface area contributed by atoms with Crippen LogP contribution in [-0.4, -0.2) is 44.8 Å². The van der Waals surface area contributed by atoms with Gasteiger partial charge in [-0.2, -0.15) is 0 Å². The third-order valence-corrected chi connectivity index (χ3v) is 9.27. The Bertz CT molecular complexity index is 1630. The summed E-state index contributed by atoms with van der Waals surface area (Å²) in [6.07, 6.45) is -0.127. The lowest BCUT2D eigenvalue weighted by atomic mass is 9.81. The highest BCUT2D eigenvalue weighted by Gasteiger charge is 2.31. The molecule has 0 spiro atoms. The van der Waals surface area contributed by atoms with Gasteiger partial charge >= 0.3 is 6.36 Å². The number of halogens is 3. The number of thioether (sulfide) groups is 1. The summed E-state index contributed by atoms with van der Waals surface area (Å²) < 4.78 is 42.8. The fourth-order valence-corrected chi connectivity index (χ4v) is 7.13. The zero-order chi connectivity index (χ0) is 33.1. The van der Waals surface area contributed by atoms with Crippen LogP contribution >= 0.6 is 11.8 Å². The minimum Gasteiger partial charge on any atom is -0.406 e. The maximum atomic E-state index is 13.2. The van der Waals surface area contributed by atoms with E-state index in [1.54, 1.807) is 11.8 Å². The molecular weight excluding hydrogens is 611 g/mol. The quantitative estimate of drug-likeness (QED) is 0.187. The Labute approximate surface area is 272 Å². The molecule has 11 heteroatoms. The summed E-state index contributed by atoms with van der Waals surface area (Å²) in [6.45, 7) is 11.7. The van der Waals surface area contributed by atoms with Crippen LogP contribution in [0.3, 0.4) is 0 Å². The van der Waals surface area contributed by atoms with Gasteiger partial charge in [-0.15, -0.1) is 30.0 Å². The smallest absolute Gasteiger partial charge is 0.406 e. The first kappa shape index (κ1) is 33.4. The summed E-state index contributed by atoms with van der Waals surface area (Å²) in [7, 11) is 0. The number of hydrogen-bond acceptors (Lipinski definition) is 6. The molecule has 1 saturated heterocycles. The van der Waals surface area contributed by atoms with Gasteiger partial charge in [-0.1, -0.05) is 55.8 Å². The number of benzene rings is 3. The SMILES string of the molecule is Cc1cc(C)c(N2CCCSC2NC(=O)CCC(C)(C)Cc2ccc(-c3ncn(-c4ccc(OC(F)(F)F)cc4)n3)cc2)c(C)c1. The number of carbonyl (C=O) groups is 1. The number of carbonyl (C=O) groups excluding carboxylic acids is 1. The molecule has 0 aliphatic carbocycles. The van der Waals surface area contributed by atoms with E-state index in [0.717, 1.165) is 42.7 Å². The van der Waals surface area contributed by atoms with Gasteiger partial charge < -0.3 is 15.0 Å².